The summed E-state index contributed by atoms with van der Waals surface area (Å²) in [5.74, 6) is 1.30. The third-order valence-electron chi connectivity index (χ3n) is 2.98. The number of nitriles is 1. The van der Waals surface area contributed by atoms with E-state index in [0.29, 0.717) is 29.9 Å². The summed E-state index contributed by atoms with van der Waals surface area (Å²) in [6, 6.07) is 2.41. The van der Waals surface area contributed by atoms with E-state index < -0.39 is 0 Å². The van der Waals surface area contributed by atoms with Gasteiger partial charge in [-0.25, -0.2) is 0 Å². The van der Waals surface area contributed by atoms with E-state index in [1.807, 2.05) is 4.68 Å². The van der Waals surface area contributed by atoms with Crippen LogP contribution in [0.5, 0.6) is 0 Å². The van der Waals surface area contributed by atoms with Crippen molar-refractivity contribution in [1.82, 2.24) is 24.8 Å². The van der Waals surface area contributed by atoms with Crippen LogP contribution in [-0.2, 0) is 6.54 Å². The number of nitrogens with zero attached hydrogens (tertiary/aromatic N) is 6. The SMILES string of the molecule is Cc1nc(CN2CC(n3cc(C#N)cn3)C2)no1. The number of hydrogen-bond donors (Lipinski definition) is 0. The van der Waals surface area contributed by atoms with Gasteiger partial charge < -0.3 is 4.52 Å². The van der Waals surface area contributed by atoms with Gasteiger partial charge in [0.2, 0.25) is 5.89 Å². The van der Waals surface area contributed by atoms with Gasteiger partial charge in [0.05, 0.1) is 24.3 Å². The van der Waals surface area contributed by atoms with E-state index in [9.17, 15) is 0 Å². The molecule has 0 radical (unpaired) electrons. The van der Waals surface area contributed by atoms with Gasteiger partial charge in [-0.05, 0) is 0 Å². The average molecular weight is 244 g/mol. The van der Waals surface area contributed by atoms with Crippen molar-refractivity contribution in [2.75, 3.05) is 13.1 Å². The molecule has 0 aromatic carbocycles. The summed E-state index contributed by atoms with van der Waals surface area (Å²) >= 11 is 0. The molecule has 3 heterocycles. The molecule has 1 aliphatic rings. The fourth-order valence-electron chi connectivity index (χ4n) is 2.04. The molecule has 0 atom stereocenters. The second-order valence-electron chi connectivity index (χ2n) is 4.40. The second kappa shape index (κ2) is 4.23. The molecule has 7 heteroatoms. The van der Waals surface area contributed by atoms with Gasteiger partial charge in [-0.1, -0.05) is 5.16 Å². The highest BCUT2D eigenvalue weighted by molar-refractivity contribution is 5.22. The minimum absolute atomic E-state index is 0.333. The number of hydrogen-bond acceptors (Lipinski definition) is 6. The largest absolute Gasteiger partial charge is 0.340 e. The Kier molecular flexibility index (Phi) is 2.57. The van der Waals surface area contributed by atoms with Crippen molar-refractivity contribution < 1.29 is 4.52 Å². The summed E-state index contributed by atoms with van der Waals surface area (Å²) in [4.78, 5) is 6.37. The van der Waals surface area contributed by atoms with E-state index >= 15 is 0 Å². The first kappa shape index (κ1) is 10.9. The molecule has 2 aromatic heterocycles. The lowest BCUT2D eigenvalue weighted by Crippen LogP contribution is -2.47. The first-order valence-corrected chi connectivity index (χ1v) is 5.70. The second-order valence-corrected chi connectivity index (χ2v) is 4.40. The Morgan fingerprint density at radius 2 is 2.39 bits per heavy atom. The first-order chi connectivity index (χ1) is 8.74. The predicted molar refractivity (Wildman–Crippen MR) is 60.3 cm³/mol. The molecule has 0 bridgehead atoms. The maximum absolute atomic E-state index is 8.73. The standard InChI is InChI=1S/C11H12N6O/c1-8-14-11(15-18-8)7-16-5-10(6-16)17-4-9(2-12)3-13-17/h3-4,10H,5-7H2,1H3. The van der Waals surface area contributed by atoms with Crippen molar-refractivity contribution in [2.45, 2.75) is 19.5 Å². The smallest absolute Gasteiger partial charge is 0.223 e. The summed E-state index contributed by atoms with van der Waals surface area (Å²) in [6.07, 6.45) is 3.37. The third kappa shape index (κ3) is 1.98. The molecule has 0 amide bonds. The van der Waals surface area contributed by atoms with Gasteiger partial charge in [0.1, 0.15) is 6.07 Å². The van der Waals surface area contributed by atoms with Gasteiger partial charge in [-0.3, -0.25) is 9.58 Å². The number of likely N-dealkylation sites (tertiary alicyclic amines) is 1. The van der Waals surface area contributed by atoms with Crippen LogP contribution >= 0.6 is 0 Å². The van der Waals surface area contributed by atoms with E-state index in [2.05, 4.69) is 26.2 Å². The van der Waals surface area contributed by atoms with Crippen LogP contribution in [0.3, 0.4) is 0 Å². The lowest BCUT2D eigenvalue weighted by atomic mass is 10.1. The molecule has 1 fully saturated rings. The summed E-state index contributed by atoms with van der Waals surface area (Å²) in [7, 11) is 0. The molecular weight excluding hydrogens is 232 g/mol. The molecule has 92 valence electrons. The molecule has 7 nitrogen and oxygen atoms in total. The summed E-state index contributed by atoms with van der Waals surface area (Å²) < 4.78 is 6.77. The lowest BCUT2D eigenvalue weighted by Gasteiger charge is -2.38. The van der Waals surface area contributed by atoms with Crippen molar-refractivity contribution in [1.29, 1.82) is 5.26 Å². The predicted octanol–water partition coefficient (Wildman–Crippen LogP) is 0.503. The number of aryl methyl sites for hydroxylation is 1. The molecule has 1 saturated heterocycles. The Morgan fingerprint density at radius 1 is 1.56 bits per heavy atom. The van der Waals surface area contributed by atoms with Crippen molar-refractivity contribution in [3.05, 3.63) is 29.7 Å². The maximum atomic E-state index is 8.73. The number of aromatic nitrogens is 4. The zero-order chi connectivity index (χ0) is 12.5. The van der Waals surface area contributed by atoms with Crippen LogP contribution in [-0.4, -0.2) is 37.9 Å². The Labute approximate surface area is 104 Å². The monoisotopic (exact) mass is 244 g/mol. The van der Waals surface area contributed by atoms with Crippen LogP contribution in [0.2, 0.25) is 0 Å². The van der Waals surface area contributed by atoms with Crippen LogP contribution in [0.1, 0.15) is 23.3 Å². The molecule has 0 saturated carbocycles. The molecule has 3 rings (SSSR count). The Hall–Kier alpha value is -2.20. The van der Waals surface area contributed by atoms with E-state index in [4.69, 9.17) is 9.78 Å². The lowest BCUT2D eigenvalue weighted by molar-refractivity contribution is 0.0872. The molecule has 2 aromatic rings. The Bertz CT molecular complexity index is 589. The Balaban J connectivity index is 1.55. The zero-order valence-electron chi connectivity index (χ0n) is 9.94. The molecule has 18 heavy (non-hydrogen) atoms. The molecule has 0 unspecified atom stereocenters. The molecule has 0 spiro atoms. The van der Waals surface area contributed by atoms with Crippen molar-refractivity contribution in [3.8, 4) is 6.07 Å². The Morgan fingerprint density at radius 3 is 3.00 bits per heavy atom. The average Bonchev–Trinajstić information content (AvgIpc) is 2.91. The quantitative estimate of drug-likeness (QED) is 0.781. The normalized spacial score (nSPS) is 16.4. The van der Waals surface area contributed by atoms with Gasteiger partial charge in [0, 0.05) is 26.2 Å². The van der Waals surface area contributed by atoms with Crippen molar-refractivity contribution in [2.24, 2.45) is 0 Å². The van der Waals surface area contributed by atoms with E-state index in [0.717, 1.165) is 13.1 Å². The van der Waals surface area contributed by atoms with Crippen LogP contribution in [0, 0.1) is 18.3 Å². The molecule has 1 aliphatic heterocycles. The van der Waals surface area contributed by atoms with E-state index in [1.165, 1.54) is 0 Å². The van der Waals surface area contributed by atoms with E-state index in [-0.39, 0.29) is 0 Å². The highest BCUT2D eigenvalue weighted by Crippen LogP contribution is 2.22. The van der Waals surface area contributed by atoms with Crippen LogP contribution < -0.4 is 0 Å². The van der Waals surface area contributed by atoms with Crippen LogP contribution in [0.4, 0.5) is 0 Å². The van der Waals surface area contributed by atoms with Gasteiger partial charge in [0.25, 0.3) is 0 Å². The topological polar surface area (TPSA) is 83.8 Å². The summed E-state index contributed by atoms with van der Waals surface area (Å²) in [5.41, 5.74) is 0.599. The number of rotatable bonds is 3. The third-order valence-corrected chi connectivity index (χ3v) is 2.98. The minimum Gasteiger partial charge on any atom is -0.340 e. The highest BCUT2D eigenvalue weighted by Gasteiger charge is 2.29. The fourth-order valence-corrected chi connectivity index (χ4v) is 2.04. The summed E-state index contributed by atoms with van der Waals surface area (Å²) in [5, 5.41) is 16.8. The van der Waals surface area contributed by atoms with Gasteiger partial charge >= 0.3 is 0 Å². The van der Waals surface area contributed by atoms with Gasteiger partial charge in [0.15, 0.2) is 5.82 Å². The first-order valence-electron chi connectivity index (χ1n) is 5.70. The van der Waals surface area contributed by atoms with Crippen LogP contribution in [0.15, 0.2) is 16.9 Å². The van der Waals surface area contributed by atoms with Gasteiger partial charge in [-0.2, -0.15) is 15.3 Å². The van der Waals surface area contributed by atoms with Crippen LogP contribution in [0.25, 0.3) is 0 Å². The molecule has 0 N–H and O–H groups in total. The van der Waals surface area contributed by atoms with Gasteiger partial charge in [-0.15, -0.1) is 0 Å². The van der Waals surface area contributed by atoms with Crippen molar-refractivity contribution in [3.63, 3.8) is 0 Å². The van der Waals surface area contributed by atoms with Crippen molar-refractivity contribution >= 4 is 0 Å². The van der Waals surface area contributed by atoms with E-state index in [1.54, 1.807) is 19.3 Å². The zero-order valence-corrected chi connectivity index (χ0v) is 9.94. The minimum atomic E-state index is 0.333. The summed E-state index contributed by atoms with van der Waals surface area (Å²) in [6.45, 7) is 4.25. The highest BCUT2D eigenvalue weighted by atomic mass is 16.5. The fraction of sp³-hybridized carbons (Fsp3) is 0.455. The maximum Gasteiger partial charge on any atom is 0.223 e. The molecule has 0 aliphatic carbocycles. The molecular formula is C11H12N6O.